The summed E-state index contributed by atoms with van der Waals surface area (Å²) >= 11 is 0. The van der Waals surface area contributed by atoms with Crippen molar-refractivity contribution in [3.8, 4) is 11.1 Å². The summed E-state index contributed by atoms with van der Waals surface area (Å²) in [5, 5.41) is 21.1. The number of halogens is 3. The number of aliphatic hydroxyl groups excluding tert-OH is 1. The number of hydrogen-bond donors (Lipinski definition) is 6. The first kappa shape index (κ1) is 30.7. The monoisotopic (exact) mass is 605 g/mol. The van der Waals surface area contributed by atoms with E-state index in [1.165, 1.54) is 43.4 Å². The minimum absolute atomic E-state index is 0.00222. The second-order valence-electron chi connectivity index (χ2n) is 9.13. The van der Waals surface area contributed by atoms with E-state index < -0.39 is 37.2 Å². The van der Waals surface area contributed by atoms with Crippen molar-refractivity contribution in [1.29, 1.82) is 0 Å². The number of hydrogen-bond acceptors (Lipinski definition) is 8. The molecule has 0 fully saturated rings. The topological polar surface area (TPSA) is 175 Å². The number of anilines is 4. The molecule has 16 heteroatoms. The summed E-state index contributed by atoms with van der Waals surface area (Å²) in [5.41, 5.74) is 0.945. The first-order valence-corrected chi connectivity index (χ1v) is 14.3. The molecule has 4 aromatic rings. The minimum atomic E-state index is -4.82. The summed E-state index contributed by atoms with van der Waals surface area (Å²) < 4.78 is 54.5. The highest BCUT2D eigenvalue weighted by molar-refractivity contribution is 7.50. The number of rotatable bonds is 11. The van der Waals surface area contributed by atoms with Gasteiger partial charge in [-0.05, 0) is 41.8 Å². The molecule has 0 aliphatic rings. The maximum absolute atomic E-state index is 13.9. The van der Waals surface area contributed by atoms with Crippen LogP contribution in [-0.4, -0.2) is 54.2 Å². The largest absolute Gasteiger partial charge is 0.421 e. The molecule has 2 aromatic heterocycles. The van der Waals surface area contributed by atoms with E-state index in [0.29, 0.717) is 41.5 Å². The molecule has 0 saturated heterocycles. The number of aliphatic hydroxyl groups is 1. The zero-order chi connectivity index (χ0) is 30.5. The molecule has 0 aliphatic carbocycles. The molecule has 222 valence electrons. The fourth-order valence-electron chi connectivity index (χ4n) is 3.96. The van der Waals surface area contributed by atoms with Gasteiger partial charge in [0.2, 0.25) is 5.95 Å². The maximum Gasteiger partial charge on any atom is 0.421 e. The Morgan fingerprint density at radius 1 is 1.05 bits per heavy atom. The molecule has 2 aromatic carbocycles. The van der Waals surface area contributed by atoms with Gasteiger partial charge >= 0.3 is 13.8 Å². The Balaban J connectivity index is 1.65. The number of amides is 1. The number of carbonyl (C=O) groups is 1. The zero-order valence-corrected chi connectivity index (χ0v) is 23.0. The van der Waals surface area contributed by atoms with E-state index in [9.17, 15) is 22.5 Å². The van der Waals surface area contributed by atoms with Gasteiger partial charge in [-0.3, -0.25) is 14.0 Å². The van der Waals surface area contributed by atoms with Gasteiger partial charge in [0.05, 0.1) is 23.6 Å². The Labute approximate surface area is 237 Å². The molecular formula is C26H27F3N7O5P. The first-order valence-electron chi connectivity index (χ1n) is 12.5. The molecule has 1 amide bonds. The Morgan fingerprint density at radius 2 is 1.79 bits per heavy atom. The van der Waals surface area contributed by atoms with E-state index in [2.05, 4.69) is 31.0 Å². The van der Waals surface area contributed by atoms with Crippen LogP contribution < -0.4 is 16.0 Å². The molecule has 4 rings (SSSR count). The third kappa shape index (κ3) is 7.91. The average molecular weight is 606 g/mol. The normalized spacial score (nSPS) is 11.8. The van der Waals surface area contributed by atoms with Crippen LogP contribution in [0.2, 0.25) is 0 Å². The van der Waals surface area contributed by atoms with Crippen molar-refractivity contribution in [3.05, 3.63) is 77.7 Å². The van der Waals surface area contributed by atoms with Crippen molar-refractivity contribution in [2.75, 3.05) is 24.3 Å². The van der Waals surface area contributed by atoms with Crippen molar-refractivity contribution in [1.82, 2.24) is 25.1 Å². The third-order valence-electron chi connectivity index (χ3n) is 5.95. The lowest BCUT2D eigenvalue weighted by atomic mass is 10.0. The number of aromatic nitrogens is 4. The second kappa shape index (κ2) is 12.7. The highest BCUT2D eigenvalue weighted by Crippen LogP contribution is 2.39. The number of nitrogens with one attached hydrogen (secondary N) is 3. The molecule has 12 nitrogen and oxygen atoms in total. The van der Waals surface area contributed by atoms with Gasteiger partial charge in [-0.15, -0.1) is 0 Å². The summed E-state index contributed by atoms with van der Waals surface area (Å²) in [7, 11) is -2.88. The summed E-state index contributed by atoms with van der Waals surface area (Å²) in [5.74, 6) is -1.35. The highest BCUT2D eigenvalue weighted by atomic mass is 31.2. The van der Waals surface area contributed by atoms with Crippen LogP contribution in [-0.2, 0) is 23.4 Å². The van der Waals surface area contributed by atoms with Gasteiger partial charge < -0.3 is 30.8 Å². The summed E-state index contributed by atoms with van der Waals surface area (Å²) in [6.45, 7) is 0.489. The van der Waals surface area contributed by atoms with Gasteiger partial charge in [-0.1, -0.05) is 18.2 Å². The Kier molecular flexibility index (Phi) is 9.27. The number of aryl methyl sites for hydroxylation is 1. The van der Waals surface area contributed by atoms with Crippen molar-refractivity contribution >= 4 is 36.6 Å². The van der Waals surface area contributed by atoms with Gasteiger partial charge in [0.15, 0.2) is 0 Å². The van der Waals surface area contributed by atoms with Crippen LogP contribution in [0.25, 0.3) is 11.1 Å². The lowest BCUT2D eigenvalue weighted by Gasteiger charge is -2.17. The zero-order valence-electron chi connectivity index (χ0n) is 22.1. The number of benzene rings is 2. The van der Waals surface area contributed by atoms with Gasteiger partial charge in [0, 0.05) is 43.8 Å². The fraction of sp³-hybridized carbons (Fsp3) is 0.231. The lowest BCUT2D eigenvalue weighted by molar-refractivity contribution is -0.137. The standard InChI is InChI=1S/C26H27F3N7O5P/c1-30-24(38)20-11-17(18-12-32-36(14-18)9-2-10-37)5-8-22(20)34-23-21(26(27,28)29)13-31-25(35-23)33-19-6-3-16(4-7-19)15-42(39,40)41/h3-8,11-14,37H,2,9-10,15H2,1H3,(H,30,38)(H2,39,40,41)(H2,31,33,34,35). The number of carbonyl (C=O) groups excluding carboxylic acids is 1. The molecule has 0 atom stereocenters. The molecule has 42 heavy (non-hydrogen) atoms. The van der Waals surface area contributed by atoms with E-state index >= 15 is 0 Å². The summed E-state index contributed by atoms with van der Waals surface area (Å²) in [4.78, 5) is 38.8. The van der Waals surface area contributed by atoms with E-state index in [4.69, 9.17) is 14.9 Å². The SMILES string of the molecule is CNC(=O)c1cc(-c2cnn(CCCO)c2)ccc1Nc1nc(Nc2ccc(CP(=O)(O)O)cc2)ncc1C(F)(F)F. The van der Waals surface area contributed by atoms with Gasteiger partial charge in [0.25, 0.3) is 5.91 Å². The summed E-state index contributed by atoms with van der Waals surface area (Å²) in [6, 6.07) is 10.5. The molecule has 0 aliphatic heterocycles. The third-order valence-corrected chi connectivity index (χ3v) is 6.73. The van der Waals surface area contributed by atoms with Crippen molar-refractivity contribution < 1.29 is 37.4 Å². The van der Waals surface area contributed by atoms with Crippen LogP contribution >= 0.6 is 7.60 Å². The van der Waals surface area contributed by atoms with Crippen LogP contribution in [0, 0.1) is 0 Å². The van der Waals surface area contributed by atoms with E-state index in [-0.39, 0.29) is 23.8 Å². The second-order valence-corrected chi connectivity index (χ2v) is 10.8. The molecule has 0 unspecified atom stereocenters. The smallest absolute Gasteiger partial charge is 0.396 e. The van der Waals surface area contributed by atoms with Crippen molar-refractivity contribution in [2.45, 2.75) is 25.3 Å². The lowest BCUT2D eigenvalue weighted by Crippen LogP contribution is -2.20. The number of alkyl halides is 3. The molecule has 6 N–H and O–H groups in total. The Hall–Kier alpha value is -4.30. The van der Waals surface area contributed by atoms with Crippen LogP contribution in [0.15, 0.2) is 61.1 Å². The van der Waals surface area contributed by atoms with Crippen molar-refractivity contribution in [2.24, 2.45) is 0 Å². The number of nitrogens with zero attached hydrogens (tertiary/aromatic N) is 4. The van der Waals surface area contributed by atoms with Gasteiger partial charge in [-0.2, -0.15) is 23.3 Å². The molecule has 0 saturated carbocycles. The molecule has 0 spiro atoms. The molecule has 2 heterocycles. The molecule has 0 radical (unpaired) electrons. The fourth-order valence-corrected chi connectivity index (χ4v) is 4.64. The van der Waals surface area contributed by atoms with Crippen molar-refractivity contribution in [3.63, 3.8) is 0 Å². The van der Waals surface area contributed by atoms with E-state index in [1.54, 1.807) is 23.1 Å². The maximum atomic E-state index is 13.9. The van der Waals surface area contributed by atoms with Gasteiger partial charge in [-0.25, -0.2) is 4.98 Å². The van der Waals surface area contributed by atoms with Crippen LogP contribution in [0.3, 0.4) is 0 Å². The molecular weight excluding hydrogens is 578 g/mol. The van der Waals surface area contributed by atoms with Crippen LogP contribution in [0.4, 0.5) is 36.3 Å². The quantitative estimate of drug-likeness (QED) is 0.136. The van der Waals surface area contributed by atoms with E-state index in [0.717, 1.165) is 0 Å². The summed E-state index contributed by atoms with van der Waals surface area (Å²) in [6.07, 6.45) is -0.857. The average Bonchev–Trinajstić information content (AvgIpc) is 3.40. The predicted molar refractivity (Wildman–Crippen MR) is 149 cm³/mol. The van der Waals surface area contributed by atoms with Crippen LogP contribution in [0.1, 0.15) is 27.9 Å². The van der Waals surface area contributed by atoms with Crippen LogP contribution in [0.5, 0.6) is 0 Å². The van der Waals surface area contributed by atoms with E-state index in [1.807, 2.05) is 0 Å². The minimum Gasteiger partial charge on any atom is -0.396 e. The molecule has 0 bridgehead atoms. The predicted octanol–water partition coefficient (Wildman–Crippen LogP) is 4.27. The Morgan fingerprint density at radius 3 is 2.43 bits per heavy atom. The Bertz CT molecular complexity index is 1610. The highest BCUT2D eigenvalue weighted by Gasteiger charge is 2.35. The van der Waals surface area contributed by atoms with Gasteiger partial charge in [0.1, 0.15) is 11.4 Å². The first-order chi connectivity index (χ1) is 19.9.